The molecule has 0 aromatic heterocycles. The van der Waals surface area contributed by atoms with E-state index < -0.39 is 23.4 Å². The first-order chi connectivity index (χ1) is 9.40. The number of hydrogen-bond donors (Lipinski definition) is 2. The maximum Gasteiger partial charge on any atom is 0.337 e. The molecule has 2 aromatic rings. The van der Waals surface area contributed by atoms with Gasteiger partial charge in [-0.05, 0) is 24.3 Å². The minimum absolute atomic E-state index is 0.0682. The summed E-state index contributed by atoms with van der Waals surface area (Å²) in [5.41, 5.74) is 5.28. The van der Waals surface area contributed by atoms with Crippen LogP contribution < -0.4 is 10.5 Å². The second-order valence-corrected chi connectivity index (χ2v) is 4.74. The number of carboxylic acids is 1. The van der Waals surface area contributed by atoms with Crippen LogP contribution in [0.15, 0.2) is 34.8 Å². The Kier molecular flexibility index (Phi) is 3.89. The summed E-state index contributed by atoms with van der Waals surface area (Å²) in [6, 6.07) is 6.19. The molecule has 0 heterocycles. The lowest BCUT2D eigenvalue weighted by Gasteiger charge is -2.11. The summed E-state index contributed by atoms with van der Waals surface area (Å²) < 4.78 is 32.3. The van der Waals surface area contributed by atoms with Crippen molar-refractivity contribution >= 4 is 27.6 Å². The number of nitrogen functional groups attached to an aromatic ring is 1. The van der Waals surface area contributed by atoms with Gasteiger partial charge in [0, 0.05) is 4.47 Å². The highest BCUT2D eigenvalue weighted by Crippen LogP contribution is 2.33. The summed E-state index contributed by atoms with van der Waals surface area (Å²) in [4.78, 5) is 10.9. The van der Waals surface area contributed by atoms with Crippen molar-refractivity contribution < 1.29 is 23.4 Å². The van der Waals surface area contributed by atoms with Gasteiger partial charge in [-0.15, -0.1) is 0 Å². The van der Waals surface area contributed by atoms with E-state index in [0.717, 1.165) is 6.07 Å². The second-order valence-electron chi connectivity index (χ2n) is 3.82. The highest BCUT2D eigenvalue weighted by molar-refractivity contribution is 9.10. The normalized spacial score (nSPS) is 10.3. The molecule has 0 fully saturated rings. The molecule has 0 atom stereocenters. The Labute approximate surface area is 120 Å². The quantitative estimate of drug-likeness (QED) is 0.656. The van der Waals surface area contributed by atoms with E-state index in [1.165, 1.54) is 24.3 Å². The van der Waals surface area contributed by atoms with Gasteiger partial charge in [0.2, 0.25) is 5.82 Å². The lowest BCUT2D eigenvalue weighted by molar-refractivity contribution is 0.0697. The summed E-state index contributed by atoms with van der Waals surface area (Å²) in [5.74, 6) is -3.99. The molecule has 0 spiro atoms. The van der Waals surface area contributed by atoms with Crippen LogP contribution in [0.4, 0.5) is 14.5 Å². The zero-order chi connectivity index (χ0) is 14.9. The number of halogens is 3. The topological polar surface area (TPSA) is 72.5 Å². The summed E-state index contributed by atoms with van der Waals surface area (Å²) in [7, 11) is 0. The first kappa shape index (κ1) is 14.3. The molecule has 0 saturated heterocycles. The van der Waals surface area contributed by atoms with Crippen LogP contribution in [0.3, 0.4) is 0 Å². The predicted octanol–water partition coefficient (Wildman–Crippen LogP) is 3.80. The van der Waals surface area contributed by atoms with Crippen LogP contribution in [-0.2, 0) is 0 Å². The Balaban J connectivity index is 2.46. The van der Waals surface area contributed by atoms with Crippen molar-refractivity contribution in [1.82, 2.24) is 0 Å². The molecular weight excluding hydrogens is 336 g/mol. The Morgan fingerprint density at radius 2 is 1.95 bits per heavy atom. The van der Waals surface area contributed by atoms with E-state index in [0.29, 0.717) is 0 Å². The first-order valence-electron chi connectivity index (χ1n) is 5.34. The molecule has 0 unspecified atom stereocenters. The largest absolute Gasteiger partial charge is 0.478 e. The third kappa shape index (κ3) is 2.72. The fourth-order valence-electron chi connectivity index (χ4n) is 1.54. The lowest BCUT2D eigenvalue weighted by atomic mass is 10.1. The van der Waals surface area contributed by atoms with Crippen molar-refractivity contribution in [3.63, 3.8) is 0 Å². The van der Waals surface area contributed by atoms with Crippen LogP contribution in [-0.4, -0.2) is 11.1 Å². The third-order valence-corrected chi connectivity index (χ3v) is 2.93. The molecule has 2 rings (SSSR count). The summed E-state index contributed by atoms with van der Waals surface area (Å²) in [6.45, 7) is 0. The van der Waals surface area contributed by atoms with E-state index in [1.807, 2.05) is 0 Å². The van der Waals surface area contributed by atoms with Gasteiger partial charge in [-0.1, -0.05) is 22.0 Å². The Hall–Kier alpha value is -2.15. The predicted molar refractivity (Wildman–Crippen MR) is 71.9 cm³/mol. The number of ether oxygens (including phenoxy) is 1. The molecular formula is C13H8BrF2NO3. The van der Waals surface area contributed by atoms with Crippen molar-refractivity contribution in [3.05, 3.63) is 52.0 Å². The van der Waals surface area contributed by atoms with Gasteiger partial charge in [-0.25, -0.2) is 9.18 Å². The number of nitrogens with two attached hydrogens (primary N) is 1. The van der Waals surface area contributed by atoms with Crippen LogP contribution in [0, 0.1) is 11.6 Å². The molecule has 0 amide bonds. The van der Waals surface area contributed by atoms with Gasteiger partial charge < -0.3 is 15.6 Å². The molecule has 0 aliphatic rings. The molecule has 0 radical (unpaired) electrons. The van der Waals surface area contributed by atoms with E-state index in [4.69, 9.17) is 15.6 Å². The number of carbonyl (C=O) groups is 1. The van der Waals surface area contributed by atoms with E-state index in [9.17, 15) is 13.6 Å². The van der Waals surface area contributed by atoms with Gasteiger partial charge in [0.15, 0.2) is 17.3 Å². The molecule has 4 nitrogen and oxygen atoms in total. The standard InChI is InChI=1S/C13H8BrF2NO3/c14-6-4-8(15)11(16)10(5-6)20-9-3-1-2-7(12(9)17)13(18)19/h1-5H,17H2,(H,18,19). The molecule has 0 bridgehead atoms. The number of hydrogen-bond acceptors (Lipinski definition) is 3. The fourth-order valence-corrected chi connectivity index (χ4v) is 1.95. The third-order valence-electron chi connectivity index (χ3n) is 2.48. The molecule has 3 N–H and O–H groups in total. The number of rotatable bonds is 3. The molecule has 20 heavy (non-hydrogen) atoms. The number of aromatic carboxylic acids is 1. The van der Waals surface area contributed by atoms with Crippen molar-refractivity contribution in [2.75, 3.05) is 5.73 Å². The average molecular weight is 344 g/mol. The van der Waals surface area contributed by atoms with E-state index in [2.05, 4.69) is 15.9 Å². The molecule has 104 valence electrons. The summed E-state index contributed by atoms with van der Waals surface area (Å²) in [5, 5.41) is 8.92. The van der Waals surface area contributed by atoms with E-state index in [-0.39, 0.29) is 21.5 Å². The van der Waals surface area contributed by atoms with Gasteiger partial charge >= 0.3 is 5.97 Å². The Bertz CT molecular complexity index is 692. The fraction of sp³-hybridized carbons (Fsp3) is 0. The van der Waals surface area contributed by atoms with E-state index in [1.54, 1.807) is 0 Å². The molecule has 7 heteroatoms. The Morgan fingerprint density at radius 3 is 2.60 bits per heavy atom. The van der Waals surface area contributed by atoms with Gasteiger partial charge in [0.25, 0.3) is 0 Å². The van der Waals surface area contributed by atoms with Crippen LogP contribution in [0.5, 0.6) is 11.5 Å². The number of para-hydroxylation sites is 1. The summed E-state index contributed by atoms with van der Waals surface area (Å²) in [6.07, 6.45) is 0. The summed E-state index contributed by atoms with van der Waals surface area (Å²) >= 11 is 3.00. The van der Waals surface area contributed by atoms with Crippen LogP contribution in [0.2, 0.25) is 0 Å². The van der Waals surface area contributed by atoms with Crippen molar-refractivity contribution in [3.8, 4) is 11.5 Å². The average Bonchev–Trinajstić information content (AvgIpc) is 2.37. The highest BCUT2D eigenvalue weighted by Gasteiger charge is 2.16. The zero-order valence-electron chi connectivity index (χ0n) is 9.86. The van der Waals surface area contributed by atoms with Crippen LogP contribution in [0.25, 0.3) is 0 Å². The Morgan fingerprint density at radius 1 is 1.25 bits per heavy atom. The van der Waals surface area contributed by atoms with Gasteiger partial charge in [-0.3, -0.25) is 0 Å². The molecule has 0 aliphatic heterocycles. The van der Waals surface area contributed by atoms with Crippen molar-refractivity contribution in [2.45, 2.75) is 0 Å². The van der Waals surface area contributed by atoms with Gasteiger partial charge in [0.1, 0.15) is 0 Å². The molecule has 0 aliphatic carbocycles. The highest BCUT2D eigenvalue weighted by atomic mass is 79.9. The van der Waals surface area contributed by atoms with Crippen molar-refractivity contribution in [1.29, 1.82) is 0 Å². The molecule has 0 saturated carbocycles. The van der Waals surface area contributed by atoms with Crippen LogP contribution >= 0.6 is 15.9 Å². The minimum atomic E-state index is -1.24. The number of anilines is 1. The maximum atomic E-state index is 13.6. The lowest BCUT2D eigenvalue weighted by Crippen LogP contribution is -2.04. The number of benzene rings is 2. The van der Waals surface area contributed by atoms with E-state index >= 15 is 0 Å². The SMILES string of the molecule is Nc1c(Oc2cc(Br)cc(F)c2F)cccc1C(=O)O. The maximum absolute atomic E-state index is 13.6. The van der Waals surface area contributed by atoms with Gasteiger partial charge in [-0.2, -0.15) is 4.39 Å². The van der Waals surface area contributed by atoms with Crippen LogP contribution in [0.1, 0.15) is 10.4 Å². The molecule has 2 aromatic carbocycles. The second kappa shape index (κ2) is 5.46. The van der Waals surface area contributed by atoms with Crippen molar-refractivity contribution in [2.24, 2.45) is 0 Å². The smallest absolute Gasteiger partial charge is 0.337 e. The first-order valence-corrected chi connectivity index (χ1v) is 6.13. The van der Waals surface area contributed by atoms with Gasteiger partial charge in [0.05, 0.1) is 11.3 Å². The number of carboxylic acid groups (broad SMARTS) is 1. The monoisotopic (exact) mass is 343 g/mol. The zero-order valence-corrected chi connectivity index (χ0v) is 11.4. The minimum Gasteiger partial charge on any atom is -0.478 e.